The predicted octanol–water partition coefficient (Wildman–Crippen LogP) is 2.10. The van der Waals surface area contributed by atoms with Crippen LogP contribution in [-0.4, -0.2) is 4.01 Å². The average Bonchev–Trinajstić information content (AvgIpc) is 1.69. The molecule has 0 aromatic carbocycles. The summed E-state index contributed by atoms with van der Waals surface area (Å²) in [5.41, 5.74) is 0. The molecule has 0 aliphatic carbocycles. The maximum Gasteiger partial charge on any atom is 0.00487 e. The van der Waals surface area contributed by atoms with Gasteiger partial charge in [-0.1, -0.05) is 20.7 Å². The molecule has 0 saturated heterocycles. The molecule has 0 atom stereocenters. The van der Waals surface area contributed by atoms with Crippen molar-refractivity contribution in [2.75, 3.05) is 0 Å². The third-order valence-corrected chi connectivity index (χ3v) is 2.46. The van der Waals surface area contributed by atoms with Gasteiger partial charge in [0.05, 0.1) is 0 Å². The van der Waals surface area contributed by atoms with Crippen LogP contribution < -0.4 is 0 Å². The van der Waals surface area contributed by atoms with Gasteiger partial charge in [0.2, 0.25) is 0 Å². The molecule has 0 radical (unpaired) electrons. The molecule has 0 saturated carbocycles. The molecule has 0 fully saturated rings. The van der Waals surface area contributed by atoms with Crippen molar-refractivity contribution in [1.82, 2.24) is 0 Å². The monoisotopic (exact) mass is 224 g/mol. The molecule has 1 aliphatic heterocycles. The first-order valence-corrected chi connectivity index (χ1v) is 4.84. The van der Waals surface area contributed by atoms with Crippen LogP contribution in [0.2, 0.25) is 0 Å². The van der Waals surface area contributed by atoms with E-state index < -0.39 is 0 Å². The van der Waals surface area contributed by atoms with Gasteiger partial charge in [-0.05, 0) is 20.2 Å². The molecule has 0 spiro atoms. The second-order valence-corrected chi connectivity index (χ2v) is 3.81. The quantitative estimate of drug-likeness (QED) is 0.472. The normalized spacial score (nSPS) is 18.1. The number of rotatable bonds is 0. The van der Waals surface area contributed by atoms with E-state index in [2.05, 4.69) is 32.9 Å². The lowest BCUT2D eigenvalue weighted by Gasteiger charge is -1.87. The molecule has 0 amide bonds. The van der Waals surface area contributed by atoms with Gasteiger partial charge in [0.15, 0.2) is 0 Å². The minimum absolute atomic E-state index is 0.257. The summed E-state index contributed by atoms with van der Waals surface area (Å²) < 4.78 is 4.39. The first kappa shape index (κ1) is 5.56. The van der Waals surface area contributed by atoms with Crippen LogP contribution in [-0.2, 0) is 0 Å². The lowest BCUT2D eigenvalue weighted by Crippen LogP contribution is -1.66. The molecule has 0 bridgehead atoms. The highest BCUT2D eigenvalue weighted by Crippen LogP contribution is 2.11. The summed E-state index contributed by atoms with van der Waals surface area (Å²) in [6, 6.07) is 0. The van der Waals surface area contributed by atoms with Gasteiger partial charge in [-0.3, -0.25) is 0 Å². The van der Waals surface area contributed by atoms with Crippen LogP contribution in [0.15, 0.2) is 21.1 Å². The van der Waals surface area contributed by atoms with Crippen LogP contribution in [0.3, 0.4) is 0 Å². The van der Waals surface area contributed by atoms with E-state index in [4.69, 9.17) is 0 Å². The Morgan fingerprint density at radius 3 is 2.71 bits per heavy atom. The molecular formula is C5H5IS. The van der Waals surface area contributed by atoms with Crippen LogP contribution in [0.5, 0.6) is 0 Å². The minimum Gasteiger partial charge on any atom is -0.143 e. The third-order valence-electron chi connectivity index (χ3n) is 0.613. The minimum atomic E-state index is 0.257. The summed E-state index contributed by atoms with van der Waals surface area (Å²) in [7, 11) is 0. The van der Waals surface area contributed by atoms with Crippen molar-refractivity contribution in [2.24, 2.45) is 0 Å². The Labute approximate surface area is 58.5 Å². The number of hydrogen-bond acceptors (Lipinski definition) is 1. The average molecular weight is 224 g/mol. The fourth-order valence-electron chi connectivity index (χ4n) is 0.299. The highest BCUT2D eigenvalue weighted by Gasteiger charge is 1.80. The molecule has 0 unspecified atom stereocenters. The van der Waals surface area contributed by atoms with Crippen LogP contribution in [0.25, 0.3) is 0 Å². The van der Waals surface area contributed by atoms with Crippen LogP contribution in [0.1, 0.15) is 0 Å². The standard InChI is InChI=1S/C5H5IS/c7-5-1-3-6-4-2-5/h1-4,7H. The molecule has 0 aromatic heterocycles. The summed E-state index contributed by atoms with van der Waals surface area (Å²) >= 11 is 4.38. The predicted molar refractivity (Wildman–Crippen MR) is 46.3 cm³/mol. The molecule has 38 valence electrons. The fraction of sp³-hybridized carbons (Fsp3) is 0. The van der Waals surface area contributed by atoms with Crippen molar-refractivity contribution in [3.63, 3.8) is 0 Å². The maximum absolute atomic E-state index is 4.12. The summed E-state index contributed by atoms with van der Waals surface area (Å²) in [6.07, 6.45) is 4.10. The van der Waals surface area contributed by atoms with E-state index in [1.54, 1.807) is 0 Å². The van der Waals surface area contributed by atoms with Gasteiger partial charge in [0.1, 0.15) is 0 Å². The number of thiol groups is 1. The van der Waals surface area contributed by atoms with Crippen molar-refractivity contribution in [3.05, 3.63) is 21.1 Å². The van der Waals surface area contributed by atoms with E-state index in [1.807, 2.05) is 0 Å². The first-order chi connectivity index (χ1) is 3.39. The second kappa shape index (κ2) is 2.67. The van der Waals surface area contributed by atoms with Crippen molar-refractivity contribution >= 4 is 37.4 Å². The van der Waals surface area contributed by atoms with Crippen molar-refractivity contribution in [2.45, 2.75) is 0 Å². The molecule has 0 N–H and O–H groups in total. The topological polar surface area (TPSA) is 0 Å². The SMILES string of the molecule is SC1=CC=IC=C1. The lowest BCUT2D eigenvalue weighted by molar-refractivity contribution is 2.02. The Morgan fingerprint density at radius 2 is 2.43 bits per heavy atom. The summed E-state index contributed by atoms with van der Waals surface area (Å²) in [5, 5.41) is 0. The maximum atomic E-state index is 4.12. The van der Waals surface area contributed by atoms with Crippen LogP contribution >= 0.6 is 33.4 Å². The Hall–Kier alpha value is 0.430. The molecule has 0 aromatic rings. The van der Waals surface area contributed by atoms with Gasteiger partial charge in [-0.2, -0.15) is 0 Å². The highest BCUT2D eigenvalue weighted by molar-refractivity contribution is 14.2. The molecular weight excluding hydrogens is 219 g/mol. The van der Waals surface area contributed by atoms with Gasteiger partial charge in [-0.25, -0.2) is 0 Å². The zero-order valence-corrected chi connectivity index (χ0v) is 6.69. The smallest absolute Gasteiger partial charge is 0.00487 e. The zero-order chi connectivity index (χ0) is 5.11. The van der Waals surface area contributed by atoms with E-state index in [0.29, 0.717) is 0 Å². The summed E-state index contributed by atoms with van der Waals surface area (Å²) in [4.78, 5) is 1.07. The van der Waals surface area contributed by atoms with Gasteiger partial charge in [-0.15, -0.1) is 12.6 Å². The van der Waals surface area contributed by atoms with Gasteiger partial charge < -0.3 is 0 Å². The zero-order valence-electron chi connectivity index (χ0n) is 3.63. The van der Waals surface area contributed by atoms with Crippen molar-refractivity contribution < 1.29 is 0 Å². The molecule has 0 nitrogen and oxygen atoms in total. The number of allylic oxidation sites excluding steroid dienone is 2. The molecule has 1 heterocycles. The summed E-state index contributed by atoms with van der Waals surface area (Å²) in [6.45, 7) is 0. The molecule has 1 rings (SSSR count). The summed E-state index contributed by atoms with van der Waals surface area (Å²) in [5.74, 6) is 0. The van der Waals surface area contributed by atoms with Gasteiger partial charge >= 0.3 is 0 Å². The Bertz CT molecular complexity index is 144. The number of halogens is 1. The lowest BCUT2D eigenvalue weighted by atomic mass is 10.5. The van der Waals surface area contributed by atoms with E-state index >= 15 is 0 Å². The Balaban J connectivity index is 2.82. The Kier molecular flexibility index (Phi) is 2.12. The van der Waals surface area contributed by atoms with Crippen molar-refractivity contribution in [1.29, 1.82) is 0 Å². The largest absolute Gasteiger partial charge is 0.143 e. The fourth-order valence-corrected chi connectivity index (χ4v) is 2.45. The first-order valence-electron chi connectivity index (χ1n) is 1.90. The van der Waals surface area contributed by atoms with E-state index in [9.17, 15) is 0 Å². The highest BCUT2D eigenvalue weighted by atomic mass is 127. The second-order valence-electron chi connectivity index (χ2n) is 1.14. The third kappa shape index (κ3) is 1.78. The molecule has 2 heteroatoms. The van der Waals surface area contributed by atoms with Gasteiger partial charge in [0, 0.05) is 4.91 Å². The van der Waals surface area contributed by atoms with E-state index in [-0.39, 0.29) is 20.7 Å². The van der Waals surface area contributed by atoms with E-state index in [1.165, 1.54) is 0 Å². The van der Waals surface area contributed by atoms with E-state index in [0.717, 1.165) is 4.91 Å². The van der Waals surface area contributed by atoms with Crippen LogP contribution in [0, 0.1) is 0 Å². The Morgan fingerprint density at radius 1 is 1.57 bits per heavy atom. The van der Waals surface area contributed by atoms with Crippen LogP contribution in [0.4, 0.5) is 0 Å². The molecule has 1 aliphatic rings. The molecule has 7 heavy (non-hydrogen) atoms. The number of hydrogen-bond donors (Lipinski definition) is 1. The van der Waals surface area contributed by atoms with Crippen molar-refractivity contribution in [3.8, 4) is 0 Å². The van der Waals surface area contributed by atoms with Gasteiger partial charge in [0.25, 0.3) is 0 Å².